The maximum Gasteiger partial charge on any atom is 0.397 e. The van der Waals surface area contributed by atoms with E-state index in [1.54, 1.807) is 0 Å². The van der Waals surface area contributed by atoms with Crippen molar-refractivity contribution in [2.24, 2.45) is 5.73 Å². The van der Waals surface area contributed by atoms with E-state index in [-0.39, 0.29) is 12.8 Å². The Morgan fingerprint density at radius 1 is 1.43 bits per heavy atom. The first kappa shape index (κ1) is 16.2. The van der Waals surface area contributed by atoms with E-state index in [4.69, 9.17) is 10.3 Å². The maximum atomic E-state index is 9.56. The largest absolute Gasteiger partial charge is 0.397 e. The molecule has 7 heteroatoms. The summed E-state index contributed by atoms with van der Waals surface area (Å²) in [4.78, 5) is 2.00. The minimum Gasteiger partial charge on any atom is -0.316 e. The van der Waals surface area contributed by atoms with Crippen LogP contribution < -0.4 is 5.73 Å². The fourth-order valence-corrected chi connectivity index (χ4v) is 0.812. The first-order chi connectivity index (χ1) is 6.24. The quantitative estimate of drug-likeness (QED) is 0.522. The Hall–Kier alpha value is -0.210. The molecule has 0 aliphatic carbocycles. The standard InChI is InChI=1S/C5H14N2.C2H6O4S/c1-4-5(6)7(2)3;1-2-6-7(3,4)5/h5H,4,6H2,1-3H3;2H2,1H3,(H,3,4,5). The Morgan fingerprint density at radius 3 is 1.86 bits per heavy atom. The van der Waals surface area contributed by atoms with Gasteiger partial charge in [-0.3, -0.25) is 9.45 Å². The third-order valence-corrected chi connectivity index (χ3v) is 1.88. The van der Waals surface area contributed by atoms with Crippen LogP contribution >= 0.6 is 0 Å². The van der Waals surface area contributed by atoms with Crippen molar-refractivity contribution in [1.29, 1.82) is 0 Å². The Labute approximate surface area is 86.0 Å². The molecule has 0 aliphatic rings. The molecule has 0 spiro atoms. The van der Waals surface area contributed by atoms with Crippen molar-refractivity contribution < 1.29 is 17.2 Å². The molecular weight excluding hydrogens is 208 g/mol. The summed E-state index contributed by atoms with van der Waals surface area (Å²) in [6.45, 7) is 3.51. The van der Waals surface area contributed by atoms with Crippen LogP contribution in [0.1, 0.15) is 20.3 Å². The van der Waals surface area contributed by atoms with Crippen LogP contribution in [0.15, 0.2) is 0 Å². The highest BCUT2D eigenvalue weighted by Crippen LogP contribution is 1.86. The van der Waals surface area contributed by atoms with Gasteiger partial charge in [-0.1, -0.05) is 6.92 Å². The number of nitrogens with zero attached hydrogens (tertiary/aromatic N) is 1. The van der Waals surface area contributed by atoms with E-state index in [1.165, 1.54) is 6.92 Å². The van der Waals surface area contributed by atoms with Crippen LogP contribution in [0.2, 0.25) is 0 Å². The fraction of sp³-hybridized carbons (Fsp3) is 1.00. The molecule has 0 saturated carbocycles. The van der Waals surface area contributed by atoms with Crippen molar-refractivity contribution in [3.8, 4) is 0 Å². The molecule has 0 aromatic carbocycles. The third kappa shape index (κ3) is 14.3. The van der Waals surface area contributed by atoms with Gasteiger partial charge in [0, 0.05) is 0 Å². The summed E-state index contributed by atoms with van der Waals surface area (Å²) >= 11 is 0. The van der Waals surface area contributed by atoms with Crippen molar-refractivity contribution in [2.45, 2.75) is 26.4 Å². The van der Waals surface area contributed by atoms with Gasteiger partial charge in [-0.25, -0.2) is 4.18 Å². The number of rotatable bonds is 4. The van der Waals surface area contributed by atoms with E-state index in [9.17, 15) is 8.42 Å². The summed E-state index contributed by atoms with van der Waals surface area (Å²) in [5, 5.41) is 0. The number of hydrogen-bond acceptors (Lipinski definition) is 5. The second-order valence-electron chi connectivity index (χ2n) is 2.77. The molecule has 0 aromatic heterocycles. The van der Waals surface area contributed by atoms with Crippen molar-refractivity contribution in [1.82, 2.24) is 4.90 Å². The Balaban J connectivity index is 0. The van der Waals surface area contributed by atoms with E-state index in [0.29, 0.717) is 0 Å². The molecule has 0 amide bonds. The predicted octanol–water partition coefficient (Wildman–Crippen LogP) is 0.0685. The second kappa shape index (κ2) is 8.13. The van der Waals surface area contributed by atoms with Gasteiger partial charge < -0.3 is 5.73 Å². The first-order valence-corrected chi connectivity index (χ1v) is 5.64. The molecule has 3 N–H and O–H groups in total. The molecule has 0 bridgehead atoms. The van der Waals surface area contributed by atoms with E-state index in [1.807, 2.05) is 19.0 Å². The lowest BCUT2D eigenvalue weighted by atomic mass is 10.4. The summed E-state index contributed by atoms with van der Waals surface area (Å²) in [6, 6.07) is 0. The van der Waals surface area contributed by atoms with E-state index >= 15 is 0 Å². The Morgan fingerprint density at radius 2 is 1.86 bits per heavy atom. The third-order valence-electron chi connectivity index (χ3n) is 1.35. The lowest BCUT2D eigenvalue weighted by Crippen LogP contribution is -2.35. The van der Waals surface area contributed by atoms with Crippen molar-refractivity contribution in [3.63, 3.8) is 0 Å². The highest BCUT2D eigenvalue weighted by atomic mass is 32.3. The van der Waals surface area contributed by atoms with Crippen LogP contribution in [0, 0.1) is 0 Å². The summed E-state index contributed by atoms with van der Waals surface area (Å²) in [5.74, 6) is 0. The first-order valence-electron chi connectivity index (χ1n) is 4.28. The fourth-order valence-electron chi connectivity index (χ4n) is 0.514. The second-order valence-corrected chi connectivity index (χ2v) is 3.86. The van der Waals surface area contributed by atoms with Gasteiger partial charge in [-0.15, -0.1) is 0 Å². The molecule has 6 nitrogen and oxygen atoms in total. The zero-order chi connectivity index (χ0) is 11.8. The minimum atomic E-state index is -4.17. The maximum absolute atomic E-state index is 9.56. The highest BCUT2D eigenvalue weighted by Gasteiger charge is 1.98. The van der Waals surface area contributed by atoms with Crippen LogP contribution in [0.4, 0.5) is 0 Å². The van der Waals surface area contributed by atoms with Gasteiger partial charge in [0.05, 0.1) is 12.8 Å². The minimum absolute atomic E-state index is 0.0289. The SMILES string of the molecule is CCC(N)N(C)C.CCOS(=O)(=O)O. The van der Waals surface area contributed by atoms with Crippen LogP contribution in [-0.2, 0) is 14.6 Å². The van der Waals surface area contributed by atoms with Crippen molar-refractivity contribution in [3.05, 3.63) is 0 Å². The molecule has 0 aromatic rings. The molecule has 1 unspecified atom stereocenters. The van der Waals surface area contributed by atoms with Gasteiger partial charge in [0.25, 0.3) is 0 Å². The molecule has 0 saturated heterocycles. The average molecular weight is 228 g/mol. The summed E-state index contributed by atoms with van der Waals surface area (Å²) in [5.41, 5.74) is 5.54. The number of hydrogen-bond donors (Lipinski definition) is 2. The molecule has 0 aliphatic heterocycles. The van der Waals surface area contributed by atoms with Crippen molar-refractivity contribution in [2.75, 3.05) is 20.7 Å². The molecule has 88 valence electrons. The lowest BCUT2D eigenvalue weighted by Gasteiger charge is -2.16. The zero-order valence-corrected chi connectivity index (χ0v) is 9.91. The molecule has 14 heavy (non-hydrogen) atoms. The van der Waals surface area contributed by atoms with Gasteiger partial charge in [-0.05, 0) is 27.4 Å². The zero-order valence-electron chi connectivity index (χ0n) is 9.10. The van der Waals surface area contributed by atoms with Crippen LogP contribution in [0.3, 0.4) is 0 Å². The normalized spacial score (nSPS) is 13.4. The molecule has 0 radical (unpaired) electrons. The number of nitrogens with two attached hydrogens (primary N) is 1. The van der Waals surface area contributed by atoms with Crippen LogP contribution in [-0.4, -0.2) is 44.7 Å². The van der Waals surface area contributed by atoms with E-state index < -0.39 is 10.4 Å². The Kier molecular flexibility index (Phi) is 9.42. The molecular formula is C7H20N2O4S. The molecule has 0 heterocycles. The molecule has 1 atom stereocenters. The van der Waals surface area contributed by atoms with E-state index in [2.05, 4.69) is 11.1 Å². The highest BCUT2D eigenvalue weighted by molar-refractivity contribution is 7.80. The van der Waals surface area contributed by atoms with Gasteiger partial charge in [0.1, 0.15) is 0 Å². The topological polar surface area (TPSA) is 92.9 Å². The average Bonchev–Trinajstić information content (AvgIpc) is 2.01. The Bertz CT molecular complexity index is 216. The molecule has 0 rings (SSSR count). The summed E-state index contributed by atoms with van der Waals surface area (Å²) in [7, 11) is -0.214. The van der Waals surface area contributed by atoms with Gasteiger partial charge >= 0.3 is 10.4 Å². The smallest absolute Gasteiger partial charge is 0.316 e. The predicted molar refractivity (Wildman–Crippen MR) is 55.1 cm³/mol. The van der Waals surface area contributed by atoms with Gasteiger partial charge in [-0.2, -0.15) is 8.42 Å². The summed E-state index contributed by atoms with van der Waals surface area (Å²) in [6.07, 6.45) is 1.26. The summed E-state index contributed by atoms with van der Waals surface area (Å²) < 4.78 is 30.7. The van der Waals surface area contributed by atoms with Crippen LogP contribution in [0.25, 0.3) is 0 Å². The molecule has 0 fully saturated rings. The van der Waals surface area contributed by atoms with Crippen molar-refractivity contribution >= 4 is 10.4 Å². The van der Waals surface area contributed by atoms with Crippen LogP contribution in [0.5, 0.6) is 0 Å². The monoisotopic (exact) mass is 228 g/mol. The van der Waals surface area contributed by atoms with Gasteiger partial charge in [0.2, 0.25) is 0 Å². The van der Waals surface area contributed by atoms with E-state index in [0.717, 1.165) is 6.42 Å². The van der Waals surface area contributed by atoms with Gasteiger partial charge in [0.15, 0.2) is 0 Å². The lowest BCUT2D eigenvalue weighted by molar-refractivity contribution is 0.283.